The van der Waals surface area contributed by atoms with E-state index in [1.54, 1.807) is 48.5 Å². The smallest absolute Gasteiger partial charge is 0.335 e. The third kappa shape index (κ3) is 3.81. The summed E-state index contributed by atoms with van der Waals surface area (Å²) in [6.45, 7) is 0. The van der Waals surface area contributed by atoms with E-state index in [-0.39, 0.29) is 9.88 Å². The van der Waals surface area contributed by atoms with Crippen molar-refractivity contribution >= 4 is 52.2 Å². The lowest BCUT2D eigenvalue weighted by molar-refractivity contribution is -0.123. The first-order valence-corrected chi connectivity index (χ1v) is 8.65. The molecule has 0 saturated carbocycles. The van der Waals surface area contributed by atoms with Gasteiger partial charge in [0.2, 0.25) is 0 Å². The Labute approximate surface area is 158 Å². The molecule has 0 aromatic heterocycles. The highest BCUT2D eigenvalue weighted by Gasteiger charge is 2.33. The van der Waals surface area contributed by atoms with Gasteiger partial charge in [0, 0.05) is 5.56 Å². The molecule has 0 bridgehead atoms. The maximum atomic E-state index is 12.5. The summed E-state index contributed by atoms with van der Waals surface area (Å²) >= 11 is 6.23. The minimum atomic E-state index is -1.02. The van der Waals surface area contributed by atoms with Crippen LogP contribution < -0.4 is 5.43 Å². The standard InChI is InChI=1S/C18H12N2O4S2/c21-15(12-4-2-1-3-5-12)19-20-16(22)14(26-18(20)25)10-11-6-8-13(9-7-11)17(23)24/h1-10H,(H,19,21)(H,23,24). The molecule has 26 heavy (non-hydrogen) atoms. The molecule has 8 heteroatoms. The van der Waals surface area contributed by atoms with E-state index in [9.17, 15) is 14.4 Å². The minimum absolute atomic E-state index is 0.157. The molecule has 1 saturated heterocycles. The number of carboxylic acid groups (broad SMARTS) is 1. The summed E-state index contributed by atoms with van der Waals surface area (Å²) in [4.78, 5) is 35.9. The van der Waals surface area contributed by atoms with Gasteiger partial charge in [0.15, 0.2) is 4.32 Å². The number of benzene rings is 2. The summed E-state index contributed by atoms with van der Waals surface area (Å²) in [7, 11) is 0. The molecule has 1 aliphatic heterocycles. The van der Waals surface area contributed by atoms with Crippen molar-refractivity contribution in [2.45, 2.75) is 0 Å². The van der Waals surface area contributed by atoms with E-state index < -0.39 is 17.8 Å². The Hall–Kier alpha value is -2.97. The van der Waals surface area contributed by atoms with Gasteiger partial charge in [0.25, 0.3) is 11.8 Å². The largest absolute Gasteiger partial charge is 0.478 e. The van der Waals surface area contributed by atoms with Crippen LogP contribution in [0.4, 0.5) is 0 Å². The fourth-order valence-corrected chi connectivity index (χ4v) is 3.37. The number of nitrogens with one attached hydrogen (secondary N) is 1. The Bertz CT molecular complexity index is 924. The molecule has 130 valence electrons. The van der Waals surface area contributed by atoms with Crippen LogP contribution >= 0.6 is 24.0 Å². The van der Waals surface area contributed by atoms with E-state index in [1.165, 1.54) is 12.1 Å². The number of hydrogen-bond donors (Lipinski definition) is 2. The average Bonchev–Trinajstić information content (AvgIpc) is 2.90. The Morgan fingerprint density at radius 3 is 2.31 bits per heavy atom. The Morgan fingerprint density at radius 2 is 1.69 bits per heavy atom. The van der Waals surface area contributed by atoms with E-state index in [1.807, 2.05) is 0 Å². The highest BCUT2D eigenvalue weighted by atomic mass is 32.2. The van der Waals surface area contributed by atoms with Gasteiger partial charge < -0.3 is 5.11 Å². The van der Waals surface area contributed by atoms with Crippen LogP contribution in [0.25, 0.3) is 6.08 Å². The van der Waals surface area contributed by atoms with Crippen molar-refractivity contribution in [2.75, 3.05) is 0 Å². The van der Waals surface area contributed by atoms with E-state index in [0.717, 1.165) is 16.8 Å². The van der Waals surface area contributed by atoms with Crippen LogP contribution in [0.5, 0.6) is 0 Å². The predicted octanol–water partition coefficient (Wildman–Crippen LogP) is 2.93. The Balaban J connectivity index is 1.76. The summed E-state index contributed by atoms with van der Waals surface area (Å²) in [5.74, 6) is -1.90. The molecular formula is C18H12N2O4S2. The van der Waals surface area contributed by atoms with Gasteiger partial charge in [-0.1, -0.05) is 42.1 Å². The van der Waals surface area contributed by atoms with Crippen molar-refractivity contribution in [3.05, 3.63) is 76.2 Å². The number of amides is 2. The van der Waals surface area contributed by atoms with E-state index >= 15 is 0 Å². The predicted molar refractivity (Wildman–Crippen MR) is 102 cm³/mol. The van der Waals surface area contributed by atoms with E-state index in [4.69, 9.17) is 17.3 Å². The second-order valence-electron chi connectivity index (χ2n) is 5.25. The van der Waals surface area contributed by atoms with Crippen LogP contribution in [0.1, 0.15) is 26.3 Å². The molecule has 2 N–H and O–H groups in total. The number of thiocarbonyl (C=S) groups is 1. The molecule has 1 heterocycles. The van der Waals surface area contributed by atoms with Gasteiger partial charge in [-0.15, -0.1) is 0 Å². The number of nitrogens with zero attached hydrogens (tertiary/aromatic N) is 1. The maximum Gasteiger partial charge on any atom is 0.335 e. The zero-order chi connectivity index (χ0) is 18.7. The summed E-state index contributed by atoms with van der Waals surface area (Å²) < 4.78 is 0.215. The summed E-state index contributed by atoms with van der Waals surface area (Å²) in [5, 5.41) is 9.95. The van der Waals surface area contributed by atoms with Gasteiger partial charge in [-0.2, -0.15) is 5.01 Å². The summed E-state index contributed by atoms with van der Waals surface area (Å²) in [6.07, 6.45) is 1.60. The average molecular weight is 384 g/mol. The van der Waals surface area contributed by atoms with Crippen molar-refractivity contribution in [1.29, 1.82) is 0 Å². The minimum Gasteiger partial charge on any atom is -0.478 e. The first-order chi connectivity index (χ1) is 12.5. The van der Waals surface area contributed by atoms with Crippen molar-refractivity contribution in [3.8, 4) is 0 Å². The second-order valence-corrected chi connectivity index (χ2v) is 6.93. The molecule has 2 amide bonds. The zero-order valence-corrected chi connectivity index (χ0v) is 14.8. The number of carbonyl (C=O) groups is 3. The summed E-state index contributed by atoms with van der Waals surface area (Å²) in [6, 6.07) is 14.6. The number of hydrazine groups is 1. The van der Waals surface area contributed by atoms with Gasteiger partial charge in [-0.05, 0) is 48.1 Å². The lowest BCUT2D eigenvalue weighted by Crippen LogP contribution is -2.44. The van der Waals surface area contributed by atoms with Gasteiger partial charge >= 0.3 is 5.97 Å². The number of thioether (sulfide) groups is 1. The maximum absolute atomic E-state index is 12.5. The molecule has 2 aromatic carbocycles. The summed E-state index contributed by atoms with van der Waals surface area (Å²) in [5.41, 5.74) is 3.73. The fourth-order valence-electron chi connectivity index (χ4n) is 2.19. The molecule has 3 rings (SSSR count). The van der Waals surface area contributed by atoms with Crippen LogP contribution in [0.3, 0.4) is 0 Å². The first kappa shape index (κ1) is 17.8. The molecular weight excluding hydrogens is 372 g/mol. The van der Waals surface area contributed by atoms with Gasteiger partial charge in [0.1, 0.15) is 0 Å². The molecule has 0 aliphatic carbocycles. The SMILES string of the molecule is O=C(O)c1ccc(C=C2SC(=S)N(NC(=O)c3ccccc3)C2=O)cc1. The third-order valence-electron chi connectivity index (χ3n) is 3.50. The lowest BCUT2D eigenvalue weighted by Gasteiger charge is -2.15. The molecule has 1 aliphatic rings. The second kappa shape index (κ2) is 7.51. The van der Waals surface area contributed by atoms with Crippen LogP contribution in [-0.4, -0.2) is 32.2 Å². The van der Waals surface area contributed by atoms with Crippen molar-refractivity contribution in [1.82, 2.24) is 10.4 Å². The van der Waals surface area contributed by atoms with Gasteiger partial charge in [0.05, 0.1) is 10.5 Å². The molecule has 0 spiro atoms. The van der Waals surface area contributed by atoms with Crippen LogP contribution in [0.2, 0.25) is 0 Å². The van der Waals surface area contributed by atoms with Crippen LogP contribution in [0.15, 0.2) is 59.5 Å². The number of carboxylic acids is 1. The topological polar surface area (TPSA) is 86.7 Å². The normalized spacial score (nSPS) is 15.4. The monoisotopic (exact) mass is 384 g/mol. The molecule has 6 nitrogen and oxygen atoms in total. The lowest BCUT2D eigenvalue weighted by atomic mass is 10.1. The third-order valence-corrected chi connectivity index (χ3v) is 4.80. The number of carbonyl (C=O) groups excluding carboxylic acids is 2. The highest BCUT2D eigenvalue weighted by molar-refractivity contribution is 8.26. The van der Waals surface area contributed by atoms with Crippen LogP contribution in [-0.2, 0) is 4.79 Å². The Morgan fingerprint density at radius 1 is 1.04 bits per heavy atom. The molecule has 1 fully saturated rings. The van der Waals surface area contributed by atoms with Crippen molar-refractivity contribution in [2.24, 2.45) is 0 Å². The molecule has 2 aromatic rings. The molecule has 0 radical (unpaired) electrons. The quantitative estimate of drug-likeness (QED) is 0.623. The Kier molecular flexibility index (Phi) is 5.15. The molecule has 0 atom stereocenters. The first-order valence-electron chi connectivity index (χ1n) is 7.43. The fraction of sp³-hybridized carbons (Fsp3) is 0. The van der Waals surface area contributed by atoms with Gasteiger partial charge in [-0.25, -0.2) is 4.79 Å². The van der Waals surface area contributed by atoms with E-state index in [2.05, 4.69) is 5.43 Å². The number of hydrogen-bond acceptors (Lipinski definition) is 5. The zero-order valence-electron chi connectivity index (χ0n) is 13.2. The van der Waals surface area contributed by atoms with Crippen molar-refractivity contribution < 1.29 is 19.5 Å². The van der Waals surface area contributed by atoms with E-state index in [0.29, 0.717) is 16.0 Å². The number of aromatic carboxylic acids is 1. The van der Waals surface area contributed by atoms with Crippen molar-refractivity contribution in [3.63, 3.8) is 0 Å². The highest BCUT2D eigenvalue weighted by Crippen LogP contribution is 2.31. The number of rotatable bonds is 4. The molecule has 0 unspecified atom stereocenters. The van der Waals surface area contributed by atoms with Crippen LogP contribution in [0, 0.1) is 0 Å². The van der Waals surface area contributed by atoms with Gasteiger partial charge in [-0.3, -0.25) is 15.0 Å².